The maximum Gasteiger partial charge on any atom is 0.292 e. The molecule has 1 saturated heterocycles. The average molecular weight is 383 g/mol. The molecule has 0 spiro atoms. The van der Waals surface area contributed by atoms with Crippen LogP contribution in [0.4, 0.5) is 0 Å². The van der Waals surface area contributed by atoms with Crippen molar-refractivity contribution in [2.24, 2.45) is 0 Å². The van der Waals surface area contributed by atoms with E-state index in [1.807, 2.05) is 37.2 Å². The lowest BCUT2D eigenvalue weighted by Gasteiger charge is -2.31. The Kier molecular flexibility index (Phi) is 5.08. The van der Waals surface area contributed by atoms with Gasteiger partial charge in [0.05, 0.1) is 6.61 Å². The maximum absolute atomic E-state index is 13.1. The van der Waals surface area contributed by atoms with Gasteiger partial charge >= 0.3 is 0 Å². The number of hydrogen-bond acceptors (Lipinski definition) is 6. The van der Waals surface area contributed by atoms with Gasteiger partial charge in [-0.1, -0.05) is 0 Å². The number of aryl methyl sites for hydroxylation is 2. The Bertz CT molecular complexity index is 985. The van der Waals surface area contributed by atoms with E-state index in [2.05, 4.69) is 24.7 Å². The van der Waals surface area contributed by atoms with Crippen molar-refractivity contribution in [1.82, 2.24) is 34.0 Å². The monoisotopic (exact) mass is 383 g/mol. The molecule has 0 N–H and O–H groups in total. The lowest BCUT2D eigenvalue weighted by Crippen LogP contribution is -2.39. The second-order valence-corrected chi connectivity index (χ2v) is 7.24. The fourth-order valence-electron chi connectivity index (χ4n) is 3.91. The van der Waals surface area contributed by atoms with Crippen molar-refractivity contribution < 1.29 is 9.53 Å². The van der Waals surface area contributed by atoms with Gasteiger partial charge in [-0.25, -0.2) is 9.97 Å². The number of nitrogens with zero attached hydrogens (tertiary/aromatic N) is 7. The summed E-state index contributed by atoms with van der Waals surface area (Å²) in [6.45, 7) is 6.65. The second kappa shape index (κ2) is 7.67. The van der Waals surface area contributed by atoms with Gasteiger partial charge in [0.15, 0.2) is 0 Å². The number of rotatable bonds is 5. The van der Waals surface area contributed by atoms with Crippen molar-refractivity contribution in [2.45, 2.75) is 39.2 Å². The molecule has 0 radical (unpaired) electrons. The lowest BCUT2D eigenvalue weighted by molar-refractivity contribution is 0.0696. The smallest absolute Gasteiger partial charge is 0.292 e. The van der Waals surface area contributed by atoms with Gasteiger partial charge in [0.25, 0.3) is 11.7 Å². The van der Waals surface area contributed by atoms with E-state index in [4.69, 9.17) is 4.74 Å². The average Bonchev–Trinajstić information content (AvgIpc) is 3.33. The number of carbonyl (C=O) groups is 1. The Morgan fingerprint density at radius 2 is 2.04 bits per heavy atom. The minimum atomic E-state index is -0.0950. The first-order valence-electron chi connectivity index (χ1n) is 9.57. The van der Waals surface area contributed by atoms with Crippen LogP contribution in [0.3, 0.4) is 0 Å². The van der Waals surface area contributed by atoms with E-state index >= 15 is 0 Å². The number of amides is 1. The summed E-state index contributed by atoms with van der Waals surface area (Å²) in [6.07, 6.45) is 5.58. The van der Waals surface area contributed by atoms with Gasteiger partial charge in [-0.05, 0) is 32.8 Å². The number of imidazole rings is 1. The molecule has 4 rings (SSSR count). The van der Waals surface area contributed by atoms with Crippen molar-refractivity contribution in [3.8, 4) is 0 Å². The van der Waals surface area contributed by atoms with Crippen LogP contribution in [-0.4, -0.2) is 66.7 Å². The third kappa shape index (κ3) is 3.37. The third-order valence-corrected chi connectivity index (χ3v) is 5.32. The summed E-state index contributed by atoms with van der Waals surface area (Å²) in [5, 5.41) is 8.20. The largest absolute Gasteiger partial charge is 0.383 e. The number of carbonyl (C=O) groups excluding carboxylic acids is 1. The number of aromatic nitrogens is 6. The molecule has 1 aliphatic rings. The summed E-state index contributed by atoms with van der Waals surface area (Å²) in [7, 11) is 1.70. The highest BCUT2D eigenvalue weighted by Crippen LogP contribution is 2.27. The first-order valence-corrected chi connectivity index (χ1v) is 9.57. The normalized spacial score (nSPS) is 15.5. The van der Waals surface area contributed by atoms with Crippen LogP contribution in [0, 0.1) is 13.8 Å². The summed E-state index contributed by atoms with van der Waals surface area (Å²) >= 11 is 0. The van der Waals surface area contributed by atoms with Gasteiger partial charge in [-0.2, -0.15) is 0 Å². The summed E-state index contributed by atoms with van der Waals surface area (Å²) in [5.74, 6) is 2.13. The van der Waals surface area contributed by atoms with E-state index in [-0.39, 0.29) is 5.91 Å². The van der Waals surface area contributed by atoms with Crippen LogP contribution in [0.15, 0.2) is 18.5 Å². The molecule has 148 valence electrons. The number of fused-ring (bicyclic) bond motifs is 1. The predicted molar refractivity (Wildman–Crippen MR) is 102 cm³/mol. The molecule has 0 unspecified atom stereocenters. The van der Waals surface area contributed by atoms with Crippen LogP contribution >= 0.6 is 0 Å². The van der Waals surface area contributed by atoms with E-state index in [0.717, 1.165) is 36.6 Å². The van der Waals surface area contributed by atoms with Crippen LogP contribution in [0.2, 0.25) is 0 Å². The zero-order valence-electron chi connectivity index (χ0n) is 16.5. The molecule has 1 aliphatic heterocycles. The van der Waals surface area contributed by atoms with Gasteiger partial charge in [0.2, 0.25) is 5.82 Å². The molecule has 3 aromatic rings. The molecular weight excluding hydrogens is 358 g/mol. The zero-order chi connectivity index (χ0) is 19.7. The van der Waals surface area contributed by atoms with Crippen molar-refractivity contribution in [1.29, 1.82) is 0 Å². The van der Waals surface area contributed by atoms with Crippen molar-refractivity contribution in [3.63, 3.8) is 0 Å². The van der Waals surface area contributed by atoms with E-state index in [1.54, 1.807) is 11.5 Å². The van der Waals surface area contributed by atoms with E-state index in [0.29, 0.717) is 37.2 Å². The van der Waals surface area contributed by atoms with Gasteiger partial charge < -0.3 is 14.2 Å². The highest BCUT2D eigenvalue weighted by molar-refractivity contribution is 5.91. The summed E-state index contributed by atoms with van der Waals surface area (Å²) in [5.41, 5.74) is 1.77. The van der Waals surface area contributed by atoms with Crippen LogP contribution in [0.5, 0.6) is 0 Å². The fraction of sp³-hybridized carbons (Fsp3) is 0.526. The number of hydrogen-bond donors (Lipinski definition) is 0. The second-order valence-electron chi connectivity index (χ2n) is 7.24. The topological polar surface area (TPSA) is 90.4 Å². The Morgan fingerprint density at radius 1 is 1.25 bits per heavy atom. The first kappa shape index (κ1) is 18.5. The highest BCUT2D eigenvalue weighted by Gasteiger charge is 2.29. The van der Waals surface area contributed by atoms with Crippen molar-refractivity contribution in [3.05, 3.63) is 41.5 Å². The van der Waals surface area contributed by atoms with Crippen LogP contribution in [0.1, 0.15) is 46.6 Å². The molecular formula is C19H25N7O2. The first-order chi connectivity index (χ1) is 13.6. The van der Waals surface area contributed by atoms with Gasteiger partial charge in [-0.3, -0.25) is 9.20 Å². The molecule has 0 aliphatic carbocycles. The highest BCUT2D eigenvalue weighted by atomic mass is 16.5. The fourth-order valence-corrected chi connectivity index (χ4v) is 3.91. The summed E-state index contributed by atoms with van der Waals surface area (Å²) < 4.78 is 9.06. The molecule has 1 fully saturated rings. The minimum Gasteiger partial charge on any atom is -0.383 e. The molecule has 3 aromatic heterocycles. The van der Waals surface area contributed by atoms with Crippen LogP contribution in [-0.2, 0) is 11.3 Å². The van der Waals surface area contributed by atoms with Crippen molar-refractivity contribution >= 4 is 11.7 Å². The number of ether oxygens (including phenoxy) is 1. The van der Waals surface area contributed by atoms with E-state index < -0.39 is 0 Å². The Balaban J connectivity index is 1.47. The molecule has 0 aromatic carbocycles. The van der Waals surface area contributed by atoms with Crippen LogP contribution in [0.25, 0.3) is 5.78 Å². The Morgan fingerprint density at radius 3 is 2.79 bits per heavy atom. The molecule has 0 saturated carbocycles. The minimum absolute atomic E-state index is 0.0950. The molecule has 1 amide bonds. The van der Waals surface area contributed by atoms with Crippen molar-refractivity contribution in [2.75, 3.05) is 26.8 Å². The maximum atomic E-state index is 13.1. The molecule has 9 heteroatoms. The zero-order valence-corrected chi connectivity index (χ0v) is 16.5. The third-order valence-electron chi connectivity index (χ3n) is 5.32. The van der Waals surface area contributed by atoms with Crippen LogP contribution < -0.4 is 0 Å². The molecule has 0 atom stereocenters. The number of piperidine rings is 1. The van der Waals surface area contributed by atoms with Gasteiger partial charge in [0.1, 0.15) is 5.82 Å². The SMILES string of the molecule is COCCn1ccnc1C1CCN(C(=O)c2nnc3nc(C)cc(C)n23)CC1. The quantitative estimate of drug-likeness (QED) is 0.665. The number of methoxy groups -OCH3 is 1. The summed E-state index contributed by atoms with van der Waals surface area (Å²) in [6, 6.07) is 1.93. The predicted octanol–water partition coefficient (Wildman–Crippen LogP) is 1.60. The number of likely N-dealkylation sites (tertiary alicyclic amines) is 1. The van der Waals surface area contributed by atoms with Gasteiger partial charge in [0, 0.05) is 56.4 Å². The van der Waals surface area contributed by atoms with E-state index in [1.165, 1.54) is 0 Å². The Hall–Kier alpha value is -2.81. The van der Waals surface area contributed by atoms with Gasteiger partial charge in [-0.15, -0.1) is 10.2 Å². The molecule has 28 heavy (non-hydrogen) atoms. The molecule has 9 nitrogen and oxygen atoms in total. The molecule has 4 heterocycles. The lowest BCUT2D eigenvalue weighted by atomic mass is 9.95. The van der Waals surface area contributed by atoms with E-state index in [9.17, 15) is 4.79 Å². The summed E-state index contributed by atoms with van der Waals surface area (Å²) in [4.78, 5) is 23.8. The Labute approximate surface area is 163 Å². The molecule has 0 bridgehead atoms. The standard InChI is InChI=1S/C19H25N7O2/c1-13-12-14(2)26-17(22-23-19(26)21-13)18(27)25-7-4-15(5-8-25)16-20-6-9-24(16)10-11-28-3/h6,9,12,15H,4-5,7-8,10-11H2,1-3H3.